The highest BCUT2D eigenvalue weighted by atomic mass is 16.4. The van der Waals surface area contributed by atoms with Crippen molar-refractivity contribution in [3.05, 3.63) is 58.1 Å². The number of aromatic carboxylic acids is 1. The van der Waals surface area contributed by atoms with E-state index in [1.165, 1.54) is 5.56 Å². The maximum Gasteiger partial charge on any atom is 0.336 e. The number of hydrogen-bond acceptors (Lipinski definition) is 2. The third-order valence-electron chi connectivity index (χ3n) is 3.41. The molecule has 0 bridgehead atoms. The molecule has 104 valence electrons. The first-order valence-corrected chi connectivity index (χ1v) is 6.57. The Morgan fingerprint density at radius 2 is 1.55 bits per heavy atom. The molecular weight excluding hydrogens is 250 g/mol. The Morgan fingerprint density at radius 1 is 0.950 bits per heavy atom. The van der Waals surface area contributed by atoms with Gasteiger partial charge in [-0.15, -0.1) is 0 Å². The molecule has 0 aromatic heterocycles. The van der Waals surface area contributed by atoms with Gasteiger partial charge in [0.25, 0.3) is 0 Å². The van der Waals surface area contributed by atoms with E-state index < -0.39 is 5.97 Å². The van der Waals surface area contributed by atoms with E-state index >= 15 is 0 Å². The van der Waals surface area contributed by atoms with Crippen LogP contribution >= 0.6 is 0 Å². The van der Waals surface area contributed by atoms with E-state index in [2.05, 4.69) is 38.2 Å². The molecule has 2 aromatic rings. The number of carboxylic acid groups (broad SMARTS) is 1. The van der Waals surface area contributed by atoms with Gasteiger partial charge in [-0.1, -0.05) is 23.8 Å². The molecule has 3 nitrogen and oxygen atoms in total. The van der Waals surface area contributed by atoms with Crippen LogP contribution in [0.2, 0.25) is 0 Å². The Balaban J connectivity index is 2.41. The average molecular weight is 269 g/mol. The first kappa shape index (κ1) is 14.1. The lowest BCUT2D eigenvalue weighted by molar-refractivity contribution is 0.0696. The predicted molar refractivity (Wildman–Crippen MR) is 82.1 cm³/mol. The van der Waals surface area contributed by atoms with Gasteiger partial charge in [-0.2, -0.15) is 0 Å². The summed E-state index contributed by atoms with van der Waals surface area (Å²) in [5, 5.41) is 12.5. The largest absolute Gasteiger partial charge is 0.478 e. The van der Waals surface area contributed by atoms with E-state index in [0.29, 0.717) is 5.56 Å². The van der Waals surface area contributed by atoms with Crippen molar-refractivity contribution in [2.75, 3.05) is 5.32 Å². The summed E-state index contributed by atoms with van der Waals surface area (Å²) in [4.78, 5) is 11.2. The van der Waals surface area contributed by atoms with Crippen molar-refractivity contribution in [1.82, 2.24) is 0 Å². The molecule has 0 aliphatic heterocycles. The molecular formula is C17H19NO2. The van der Waals surface area contributed by atoms with Gasteiger partial charge in [0.1, 0.15) is 0 Å². The van der Waals surface area contributed by atoms with Gasteiger partial charge in [-0.05, 0) is 56.5 Å². The van der Waals surface area contributed by atoms with Gasteiger partial charge in [-0.25, -0.2) is 4.79 Å². The fraction of sp³-hybridized carbons (Fsp3) is 0.235. The number of rotatable bonds is 3. The number of hydrogen-bond donors (Lipinski definition) is 2. The summed E-state index contributed by atoms with van der Waals surface area (Å²) in [5.41, 5.74) is 6.46. The highest BCUT2D eigenvalue weighted by Gasteiger charge is 2.09. The predicted octanol–water partition coefficient (Wildman–Crippen LogP) is 4.36. The molecule has 0 saturated heterocycles. The zero-order chi connectivity index (χ0) is 14.9. The van der Waals surface area contributed by atoms with Gasteiger partial charge in [0.15, 0.2) is 0 Å². The van der Waals surface area contributed by atoms with Crippen LogP contribution in [0.15, 0.2) is 30.3 Å². The molecule has 0 atom stereocenters. The zero-order valence-electron chi connectivity index (χ0n) is 12.2. The normalized spacial score (nSPS) is 10.4. The van der Waals surface area contributed by atoms with Crippen LogP contribution in [-0.2, 0) is 0 Å². The third kappa shape index (κ3) is 2.82. The summed E-state index contributed by atoms with van der Waals surface area (Å²) in [7, 11) is 0. The molecule has 2 rings (SSSR count). The molecule has 0 unspecified atom stereocenters. The van der Waals surface area contributed by atoms with Crippen molar-refractivity contribution in [3.8, 4) is 0 Å². The van der Waals surface area contributed by atoms with Gasteiger partial charge in [0.05, 0.1) is 5.56 Å². The zero-order valence-corrected chi connectivity index (χ0v) is 12.2. The van der Waals surface area contributed by atoms with Gasteiger partial charge in [-0.3, -0.25) is 0 Å². The Morgan fingerprint density at radius 3 is 2.10 bits per heavy atom. The molecule has 0 fully saturated rings. The lowest BCUT2D eigenvalue weighted by Gasteiger charge is -2.15. The van der Waals surface area contributed by atoms with Gasteiger partial charge in [0, 0.05) is 11.4 Å². The van der Waals surface area contributed by atoms with E-state index in [1.54, 1.807) is 13.0 Å². The van der Waals surface area contributed by atoms with Crippen molar-refractivity contribution in [2.24, 2.45) is 0 Å². The second kappa shape index (κ2) is 5.37. The van der Waals surface area contributed by atoms with Gasteiger partial charge < -0.3 is 10.4 Å². The van der Waals surface area contributed by atoms with Crippen LogP contribution in [-0.4, -0.2) is 11.1 Å². The van der Waals surface area contributed by atoms with Crippen molar-refractivity contribution >= 4 is 17.3 Å². The summed E-state index contributed by atoms with van der Waals surface area (Å²) < 4.78 is 0. The molecule has 0 aliphatic carbocycles. The summed E-state index contributed by atoms with van der Waals surface area (Å²) in [6.07, 6.45) is 0. The third-order valence-corrected chi connectivity index (χ3v) is 3.41. The second-order valence-electron chi connectivity index (χ2n) is 5.23. The molecule has 20 heavy (non-hydrogen) atoms. The topological polar surface area (TPSA) is 49.3 Å². The number of carboxylic acids is 1. The SMILES string of the molecule is Cc1cc(C)c(Nc2ccc(C)c(C(=O)O)c2)c(C)c1. The van der Waals surface area contributed by atoms with Crippen molar-refractivity contribution < 1.29 is 9.90 Å². The summed E-state index contributed by atoms with van der Waals surface area (Å²) >= 11 is 0. The fourth-order valence-electron chi connectivity index (χ4n) is 2.45. The Kier molecular flexibility index (Phi) is 3.79. The van der Waals surface area contributed by atoms with Crippen molar-refractivity contribution in [1.29, 1.82) is 0 Å². The lowest BCUT2D eigenvalue weighted by atomic mass is 10.0. The quantitative estimate of drug-likeness (QED) is 0.870. The monoisotopic (exact) mass is 269 g/mol. The minimum Gasteiger partial charge on any atom is -0.478 e. The molecule has 0 radical (unpaired) electrons. The van der Waals surface area contributed by atoms with E-state index in [-0.39, 0.29) is 0 Å². The molecule has 0 heterocycles. The number of carbonyl (C=O) groups is 1. The van der Waals surface area contributed by atoms with Gasteiger partial charge >= 0.3 is 5.97 Å². The molecule has 0 amide bonds. The smallest absolute Gasteiger partial charge is 0.336 e. The maximum absolute atomic E-state index is 11.2. The van der Waals surface area contributed by atoms with Crippen LogP contribution < -0.4 is 5.32 Å². The van der Waals surface area contributed by atoms with Crippen LogP contribution in [0.3, 0.4) is 0 Å². The number of nitrogens with one attached hydrogen (secondary N) is 1. The summed E-state index contributed by atoms with van der Waals surface area (Å²) in [6, 6.07) is 9.63. The van der Waals surface area contributed by atoms with E-state index in [1.807, 2.05) is 12.1 Å². The van der Waals surface area contributed by atoms with Crippen LogP contribution in [0, 0.1) is 27.7 Å². The van der Waals surface area contributed by atoms with E-state index in [9.17, 15) is 9.90 Å². The van der Waals surface area contributed by atoms with Crippen LogP contribution in [0.25, 0.3) is 0 Å². The number of benzene rings is 2. The molecule has 0 aliphatic rings. The highest BCUT2D eigenvalue weighted by Crippen LogP contribution is 2.27. The first-order chi connectivity index (χ1) is 9.38. The minimum absolute atomic E-state index is 0.331. The maximum atomic E-state index is 11.2. The summed E-state index contributed by atoms with van der Waals surface area (Å²) in [5.74, 6) is -0.900. The Hall–Kier alpha value is -2.29. The van der Waals surface area contributed by atoms with Crippen molar-refractivity contribution in [3.63, 3.8) is 0 Å². The molecule has 0 spiro atoms. The number of anilines is 2. The van der Waals surface area contributed by atoms with Crippen LogP contribution in [0.4, 0.5) is 11.4 Å². The van der Waals surface area contributed by atoms with E-state index in [4.69, 9.17) is 0 Å². The van der Waals surface area contributed by atoms with Crippen LogP contribution in [0.5, 0.6) is 0 Å². The summed E-state index contributed by atoms with van der Waals surface area (Å²) in [6.45, 7) is 7.97. The van der Waals surface area contributed by atoms with Crippen molar-refractivity contribution in [2.45, 2.75) is 27.7 Å². The van der Waals surface area contributed by atoms with Crippen LogP contribution in [0.1, 0.15) is 32.6 Å². The molecule has 2 N–H and O–H groups in total. The second-order valence-corrected chi connectivity index (χ2v) is 5.23. The highest BCUT2D eigenvalue weighted by molar-refractivity contribution is 5.91. The first-order valence-electron chi connectivity index (χ1n) is 6.57. The fourth-order valence-corrected chi connectivity index (χ4v) is 2.45. The molecule has 3 heteroatoms. The lowest BCUT2D eigenvalue weighted by Crippen LogP contribution is -2.02. The molecule has 0 saturated carbocycles. The van der Waals surface area contributed by atoms with Gasteiger partial charge in [0.2, 0.25) is 0 Å². The standard InChI is InChI=1S/C17H19NO2/c1-10-7-12(3)16(13(4)8-10)18-14-6-5-11(2)15(9-14)17(19)20/h5-9,18H,1-4H3,(H,19,20). The van der Waals surface area contributed by atoms with E-state index in [0.717, 1.165) is 28.1 Å². The minimum atomic E-state index is -0.900. The Bertz CT molecular complexity index is 652. The average Bonchev–Trinajstić information content (AvgIpc) is 2.35. The number of aryl methyl sites for hydroxylation is 4. The molecule has 2 aromatic carbocycles. The Labute approximate surface area is 119 Å².